The minimum Gasteiger partial charge on any atom is -0.478 e. The average molecular weight is 664 g/mol. The molecule has 1 rings (SSSR count). The second kappa shape index (κ2) is 16.7. The van der Waals surface area contributed by atoms with Crippen molar-refractivity contribution in [2.24, 2.45) is 0 Å². The third-order valence-electron chi connectivity index (χ3n) is 2.43. The molecule has 0 aliphatic heterocycles. The van der Waals surface area contributed by atoms with Crippen molar-refractivity contribution in [1.82, 2.24) is 0 Å². The highest BCUT2D eigenvalue weighted by molar-refractivity contribution is 9.15. The first-order chi connectivity index (χ1) is 13.0. The summed E-state index contributed by atoms with van der Waals surface area (Å²) >= 11 is 12.4. The molecule has 0 bridgehead atoms. The topological polar surface area (TPSA) is 165 Å². The zero-order valence-electron chi connectivity index (χ0n) is 14.5. The van der Waals surface area contributed by atoms with Gasteiger partial charge in [-0.25, -0.2) is 9.59 Å². The molecule has 1 aromatic rings. The number of hydrogen-bond donors (Lipinski definition) is 6. The van der Waals surface area contributed by atoms with Gasteiger partial charge in [0.15, 0.2) is 0 Å². The van der Waals surface area contributed by atoms with Gasteiger partial charge in [-0.2, -0.15) is 0 Å². The maximum Gasteiger partial charge on any atom is 0.337 e. The van der Waals surface area contributed by atoms with Crippen molar-refractivity contribution in [3.8, 4) is 0 Å². The molecule has 0 aromatic heterocycles. The minimum absolute atomic E-state index is 0.0278. The van der Waals surface area contributed by atoms with E-state index in [0.29, 0.717) is 22.2 Å². The smallest absolute Gasteiger partial charge is 0.337 e. The summed E-state index contributed by atoms with van der Waals surface area (Å²) in [6.07, 6.45) is -0.560. The van der Waals surface area contributed by atoms with Gasteiger partial charge in [-0.05, 0) is 70.6 Å². The first-order valence-electron chi connectivity index (χ1n) is 7.38. The Kier molecular flexibility index (Phi) is 17.9. The lowest BCUT2D eigenvalue weighted by atomic mass is 10.1. The van der Waals surface area contributed by atoms with Gasteiger partial charge in [-0.15, -0.1) is 0 Å². The molecule has 1 aromatic carbocycles. The van der Waals surface area contributed by atoms with E-state index < -0.39 is 18.0 Å². The highest BCUT2D eigenvalue weighted by Crippen LogP contribution is 2.42. The molecule has 0 heterocycles. The highest BCUT2D eigenvalue weighted by atomic mass is 79.9. The maximum absolute atomic E-state index is 11.0. The number of carbonyl (C=O) groups is 2. The van der Waals surface area contributed by atoms with Crippen molar-refractivity contribution in [2.75, 3.05) is 33.0 Å². The number of carboxylic acid groups (broad SMARTS) is 2. The van der Waals surface area contributed by atoms with E-state index in [4.69, 9.17) is 30.6 Å². The van der Waals surface area contributed by atoms with Gasteiger partial charge in [0, 0.05) is 17.9 Å². The normalized spacial score (nSPS) is 10.9. The van der Waals surface area contributed by atoms with Crippen LogP contribution in [0.2, 0.25) is 0 Å². The third kappa shape index (κ3) is 11.2. The summed E-state index contributed by atoms with van der Waals surface area (Å²) in [5.74, 6) is -2.64. The molecule has 0 amide bonds. The van der Waals surface area contributed by atoms with Crippen molar-refractivity contribution in [3.05, 3.63) is 29.0 Å². The summed E-state index contributed by atoms with van der Waals surface area (Å²) in [5.41, 5.74) is -0.621. The van der Waals surface area contributed by atoms with Crippen LogP contribution in [0.25, 0.3) is 0 Å². The van der Waals surface area contributed by atoms with E-state index >= 15 is 0 Å². The summed E-state index contributed by atoms with van der Waals surface area (Å²) in [6.45, 7) is 2.08. The van der Waals surface area contributed by atoms with Crippen LogP contribution in [0.4, 0.5) is 0 Å². The van der Waals surface area contributed by atoms with Gasteiger partial charge in [0.05, 0.1) is 50.3 Å². The molecule has 9 nitrogen and oxygen atoms in total. The summed E-state index contributed by atoms with van der Waals surface area (Å²) in [7, 11) is 0. The molecule has 162 valence electrons. The van der Waals surface area contributed by atoms with Crippen molar-refractivity contribution < 1.29 is 45.0 Å². The Bertz CT molecular complexity index is 590. The Morgan fingerprint density at radius 3 is 1.29 bits per heavy atom. The van der Waals surface area contributed by atoms with Gasteiger partial charge < -0.3 is 35.4 Å². The van der Waals surface area contributed by atoms with Crippen LogP contribution in [0.1, 0.15) is 27.6 Å². The standard InChI is InChI=1S/C8H2Br4O4.C4H10O3.C3H8O2/c9-3-1(7(13)14)2(8(15)16)4(10)6(12)5(3)11;5-1-3-7-4-2-6;1-3(5)2-4/h(H,13,14)(H,15,16);5-6H,1-4H2;3-5H,2H2,1H3. The van der Waals surface area contributed by atoms with E-state index in [2.05, 4.69) is 68.5 Å². The third-order valence-corrected chi connectivity index (χ3v) is 7.20. The van der Waals surface area contributed by atoms with Crippen LogP contribution < -0.4 is 0 Å². The molecule has 1 atom stereocenters. The zero-order chi connectivity index (χ0) is 22.4. The fourth-order valence-electron chi connectivity index (χ4n) is 1.26. The van der Waals surface area contributed by atoms with Gasteiger partial charge in [-0.3, -0.25) is 0 Å². The Balaban J connectivity index is 0. The number of rotatable bonds is 7. The first-order valence-corrected chi connectivity index (χ1v) is 10.6. The molecule has 28 heavy (non-hydrogen) atoms. The van der Waals surface area contributed by atoms with Gasteiger partial charge >= 0.3 is 11.9 Å². The number of aliphatic hydroxyl groups is 4. The molecule has 1 unspecified atom stereocenters. The zero-order valence-corrected chi connectivity index (χ0v) is 20.9. The van der Waals surface area contributed by atoms with Crippen LogP contribution >= 0.6 is 63.7 Å². The molecule has 0 aliphatic carbocycles. The summed E-state index contributed by atoms with van der Waals surface area (Å²) in [5, 5.41) is 50.1. The lowest BCUT2D eigenvalue weighted by Crippen LogP contribution is -2.11. The number of ether oxygens (including phenoxy) is 1. The Hall–Kier alpha value is -0.120. The number of aliphatic hydroxyl groups excluding tert-OH is 4. The fraction of sp³-hybridized carbons (Fsp3) is 0.467. The van der Waals surface area contributed by atoms with Gasteiger partial charge in [0.1, 0.15) is 0 Å². The van der Waals surface area contributed by atoms with E-state index in [9.17, 15) is 9.59 Å². The molecular formula is C15H20Br4O9. The Morgan fingerprint density at radius 1 is 0.821 bits per heavy atom. The van der Waals surface area contributed by atoms with Crippen molar-refractivity contribution >= 4 is 75.7 Å². The van der Waals surface area contributed by atoms with Crippen molar-refractivity contribution in [1.29, 1.82) is 0 Å². The SMILES string of the molecule is CC(O)CO.O=C(O)c1c(Br)c(Br)c(Br)c(Br)c1C(=O)O.OCCOCCO. The number of benzene rings is 1. The monoisotopic (exact) mass is 660 g/mol. The second-order valence-corrected chi connectivity index (χ2v) is 7.88. The molecule has 0 aliphatic rings. The highest BCUT2D eigenvalue weighted by Gasteiger charge is 2.27. The van der Waals surface area contributed by atoms with Crippen molar-refractivity contribution in [3.63, 3.8) is 0 Å². The molecule has 0 radical (unpaired) electrons. The Morgan fingerprint density at radius 2 is 1.11 bits per heavy atom. The fourth-order valence-corrected chi connectivity index (χ4v) is 3.72. The van der Waals surface area contributed by atoms with E-state index in [0.717, 1.165) is 0 Å². The van der Waals surface area contributed by atoms with Crippen LogP contribution in [0.5, 0.6) is 0 Å². The summed E-state index contributed by atoms with van der Waals surface area (Å²) < 4.78 is 5.84. The number of halogens is 4. The van der Waals surface area contributed by atoms with E-state index in [1.54, 1.807) is 0 Å². The van der Waals surface area contributed by atoms with Gasteiger partial charge in [0.25, 0.3) is 0 Å². The quantitative estimate of drug-likeness (QED) is 0.146. The van der Waals surface area contributed by atoms with Gasteiger partial charge in [0.2, 0.25) is 0 Å². The molecular weight excluding hydrogens is 644 g/mol. The van der Waals surface area contributed by atoms with E-state index in [1.165, 1.54) is 6.92 Å². The summed E-state index contributed by atoms with van der Waals surface area (Å²) in [6, 6.07) is 0. The molecule has 0 spiro atoms. The number of aromatic carboxylic acids is 2. The number of carboxylic acids is 2. The molecule has 13 heteroatoms. The van der Waals surface area contributed by atoms with Crippen LogP contribution in [0.3, 0.4) is 0 Å². The Labute approximate surface area is 194 Å². The van der Waals surface area contributed by atoms with E-state index in [1.807, 2.05) is 0 Å². The molecule has 0 saturated carbocycles. The summed E-state index contributed by atoms with van der Waals surface area (Å²) in [4.78, 5) is 22.0. The molecule has 6 N–H and O–H groups in total. The van der Waals surface area contributed by atoms with Crippen LogP contribution in [-0.4, -0.2) is 81.7 Å². The lowest BCUT2D eigenvalue weighted by molar-refractivity contribution is 0.0649. The maximum atomic E-state index is 11.0. The van der Waals surface area contributed by atoms with E-state index in [-0.39, 0.29) is 39.9 Å². The lowest BCUT2D eigenvalue weighted by Gasteiger charge is -2.11. The largest absolute Gasteiger partial charge is 0.478 e. The minimum atomic E-state index is -1.32. The predicted octanol–water partition coefficient (Wildman–Crippen LogP) is 2.48. The second-order valence-electron chi connectivity index (χ2n) is 4.71. The molecule has 0 saturated heterocycles. The van der Waals surface area contributed by atoms with Gasteiger partial charge in [-0.1, -0.05) is 0 Å². The average Bonchev–Trinajstić information content (AvgIpc) is 2.63. The van der Waals surface area contributed by atoms with Crippen LogP contribution in [-0.2, 0) is 4.74 Å². The number of hydrogen-bond acceptors (Lipinski definition) is 7. The van der Waals surface area contributed by atoms with Crippen LogP contribution in [0, 0.1) is 0 Å². The first kappa shape index (κ1) is 30.1. The molecule has 0 fully saturated rings. The van der Waals surface area contributed by atoms with Crippen molar-refractivity contribution in [2.45, 2.75) is 13.0 Å². The predicted molar refractivity (Wildman–Crippen MR) is 115 cm³/mol. The van der Waals surface area contributed by atoms with Crippen LogP contribution in [0.15, 0.2) is 17.9 Å².